The van der Waals surface area contributed by atoms with Crippen molar-refractivity contribution in [2.75, 3.05) is 39.8 Å². The van der Waals surface area contributed by atoms with Crippen molar-refractivity contribution in [2.24, 2.45) is 5.73 Å². The van der Waals surface area contributed by atoms with Crippen molar-refractivity contribution in [2.45, 2.75) is 18.5 Å². The molecule has 1 aromatic heterocycles. The van der Waals surface area contributed by atoms with Crippen LogP contribution in [-0.4, -0.2) is 78.5 Å². The molecule has 30 heavy (non-hydrogen) atoms. The lowest BCUT2D eigenvalue weighted by molar-refractivity contribution is -0.133. The van der Waals surface area contributed by atoms with E-state index in [1.165, 1.54) is 0 Å². The molecule has 8 nitrogen and oxygen atoms in total. The van der Waals surface area contributed by atoms with E-state index in [1.807, 2.05) is 47.2 Å². The third-order valence-corrected chi connectivity index (χ3v) is 5.56. The largest absolute Gasteiger partial charge is 0.491 e. The molecule has 0 unspecified atom stereocenters. The molecule has 0 saturated carbocycles. The normalized spacial score (nSPS) is 23.3. The highest BCUT2D eigenvalue weighted by Gasteiger charge is 2.34. The molecule has 1 fully saturated rings. The van der Waals surface area contributed by atoms with Crippen LogP contribution in [0.5, 0.6) is 5.75 Å². The van der Waals surface area contributed by atoms with E-state index in [9.17, 15) is 9.59 Å². The number of nitrogens with two attached hydrogens (primary N) is 1. The molecule has 158 valence electrons. The summed E-state index contributed by atoms with van der Waals surface area (Å²) in [6.45, 7) is 2.20. The predicted molar refractivity (Wildman–Crippen MR) is 113 cm³/mol. The minimum absolute atomic E-state index is 0.0271. The van der Waals surface area contributed by atoms with Gasteiger partial charge in [-0.1, -0.05) is 12.1 Å². The number of nitrogens with zero attached hydrogens (tertiary/aromatic N) is 3. The molecular formula is C22H27N5O3. The van der Waals surface area contributed by atoms with Crippen LogP contribution in [0, 0.1) is 0 Å². The number of aromatic nitrogens is 1. The fraction of sp³-hybridized carbons (Fsp3) is 0.409. The lowest BCUT2D eigenvalue weighted by Crippen LogP contribution is -2.45. The van der Waals surface area contributed by atoms with Crippen LogP contribution in [0.25, 0.3) is 11.1 Å². The molecule has 8 heteroatoms. The Labute approximate surface area is 176 Å². The van der Waals surface area contributed by atoms with Crippen LogP contribution < -0.4 is 15.8 Å². The van der Waals surface area contributed by atoms with Crippen LogP contribution in [0.2, 0.25) is 0 Å². The SMILES string of the molecule is CN1CCNC(=O)c2cncc(c2)-c2cccc(c2)OC[C@@H]2C[C@@H](N)CN2C(=O)C1. The van der Waals surface area contributed by atoms with E-state index in [2.05, 4.69) is 10.3 Å². The van der Waals surface area contributed by atoms with E-state index in [4.69, 9.17) is 10.5 Å². The maximum Gasteiger partial charge on any atom is 0.252 e. The van der Waals surface area contributed by atoms with Gasteiger partial charge in [-0.05, 0) is 37.2 Å². The molecule has 2 aliphatic rings. The van der Waals surface area contributed by atoms with Gasteiger partial charge in [0.1, 0.15) is 12.4 Å². The van der Waals surface area contributed by atoms with E-state index in [1.54, 1.807) is 12.4 Å². The zero-order chi connectivity index (χ0) is 21.1. The molecule has 0 radical (unpaired) electrons. The van der Waals surface area contributed by atoms with Crippen LogP contribution in [-0.2, 0) is 4.79 Å². The Morgan fingerprint density at radius 2 is 2.00 bits per heavy atom. The van der Waals surface area contributed by atoms with E-state index >= 15 is 0 Å². The van der Waals surface area contributed by atoms with Crippen LogP contribution >= 0.6 is 0 Å². The van der Waals surface area contributed by atoms with Gasteiger partial charge in [-0.3, -0.25) is 19.5 Å². The maximum atomic E-state index is 12.8. The van der Waals surface area contributed by atoms with Gasteiger partial charge >= 0.3 is 0 Å². The van der Waals surface area contributed by atoms with Gasteiger partial charge in [-0.15, -0.1) is 0 Å². The molecule has 4 bridgehead atoms. The molecule has 2 atom stereocenters. The van der Waals surface area contributed by atoms with E-state index < -0.39 is 0 Å². The Balaban J connectivity index is 1.63. The molecule has 3 heterocycles. The topological polar surface area (TPSA) is 101 Å². The number of benzene rings is 1. The van der Waals surface area contributed by atoms with Gasteiger partial charge in [-0.25, -0.2) is 0 Å². The molecule has 1 saturated heterocycles. The zero-order valence-corrected chi connectivity index (χ0v) is 17.1. The van der Waals surface area contributed by atoms with Gasteiger partial charge in [0.05, 0.1) is 18.2 Å². The highest BCUT2D eigenvalue weighted by molar-refractivity contribution is 5.95. The highest BCUT2D eigenvalue weighted by atomic mass is 16.5. The van der Waals surface area contributed by atoms with Crippen molar-refractivity contribution >= 4 is 11.8 Å². The Kier molecular flexibility index (Phi) is 5.96. The van der Waals surface area contributed by atoms with Gasteiger partial charge in [-0.2, -0.15) is 0 Å². The number of nitrogens with one attached hydrogen (secondary N) is 1. The smallest absolute Gasteiger partial charge is 0.252 e. The van der Waals surface area contributed by atoms with Crippen LogP contribution in [0.15, 0.2) is 42.7 Å². The van der Waals surface area contributed by atoms with E-state index in [-0.39, 0.29) is 30.4 Å². The minimum Gasteiger partial charge on any atom is -0.491 e. The Morgan fingerprint density at radius 3 is 2.87 bits per heavy atom. The highest BCUT2D eigenvalue weighted by Crippen LogP contribution is 2.25. The summed E-state index contributed by atoms with van der Waals surface area (Å²) in [6.07, 6.45) is 4.00. The van der Waals surface area contributed by atoms with E-state index in [0.29, 0.717) is 37.6 Å². The summed E-state index contributed by atoms with van der Waals surface area (Å²) in [5.41, 5.74) is 8.39. The van der Waals surface area contributed by atoms with Gasteiger partial charge in [0.15, 0.2) is 0 Å². The molecule has 2 aromatic rings. The number of rotatable bonds is 0. The van der Waals surface area contributed by atoms with Gasteiger partial charge in [0, 0.05) is 43.6 Å². The minimum atomic E-state index is -0.189. The standard InChI is InChI=1S/C22H27N5O3/c1-26-6-5-25-22(29)17-7-16(10-24-11-17)15-3-2-4-20(8-15)30-14-19-9-18(23)12-27(19)21(28)13-26/h2-4,7-8,10-11,18-19H,5-6,9,12-14,23H2,1H3,(H,25,29)/t18-,19+/m1/s1. The van der Waals surface area contributed by atoms with Crippen molar-refractivity contribution in [1.82, 2.24) is 20.1 Å². The molecule has 0 aliphatic carbocycles. The fourth-order valence-electron chi connectivity index (χ4n) is 3.96. The third kappa shape index (κ3) is 4.60. The first kappa shape index (κ1) is 20.3. The van der Waals surface area contributed by atoms with Gasteiger partial charge < -0.3 is 20.7 Å². The van der Waals surface area contributed by atoms with Crippen molar-refractivity contribution in [1.29, 1.82) is 0 Å². The first-order chi connectivity index (χ1) is 14.5. The summed E-state index contributed by atoms with van der Waals surface area (Å²) in [5.74, 6) is 0.544. The number of likely N-dealkylation sites (N-methyl/N-ethyl adjacent to an activating group) is 1. The summed E-state index contributed by atoms with van der Waals surface area (Å²) in [4.78, 5) is 33.3. The Hall–Kier alpha value is -2.97. The number of carbonyl (C=O) groups excluding carboxylic acids is 2. The maximum absolute atomic E-state index is 12.8. The molecule has 2 aliphatic heterocycles. The molecular weight excluding hydrogens is 382 g/mol. The second-order valence-corrected chi connectivity index (χ2v) is 7.99. The van der Waals surface area contributed by atoms with Crippen molar-refractivity contribution < 1.29 is 14.3 Å². The summed E-state index contributed by atoms with van der Waals surface area (Å²) in [7, 11) is 1.87. The molecule has 2 amide bonds. The second kappa shape index (κ2) is 8.81. The zero-order valence-electron chi connectivity index (χ0n) is 17.1. The number of carbonyl (C=O) groups is 2. The monoisotopic (exact) mass is 409 g/mol. The van der Waals surface area contributed by atoms with Crippen LogP contribution in [0.3, 0.4) is 0 Å². The van der Waals surface area contributed by atoms with Crippen molar-refractivity contribution in [3.05, 3.63) is 48.3 Å². The number of hydrogen-bond acceptors (Lipinski definition) is 6. The fourth-order valence-corrected chi connectivity index (χ4v) is 3.96. The number of amides is 2. The first-order valence-corrected chi connectivity index (χ1v) is 10.2. The van der Waals surface area contributed by atoms with Crippen LogP contribution in [0.1, 0.15) is 16.8 Å². The van der Waals surface area contributed by atoms with Gasteiger partial charge in [0.2, 0.25) is 5.91 Å². The van der Waals surface area contributed by atoms with Crippen LogP contribution in [0.4, 0.5) is 0 Å². The first-order valence-electron chi connectivity index (χ1n) is 10.2. The molecule has 4 rings (SSSR count). The Bertz CT molecular complexity index is 934. The summed E-state index contributed by atoms with van der Waals surface area (Å²) >= 11 is 0. The summed E-state index contributed by atoms with van der Waals surface area (Å²) in [5, 5.41) is 2.90. The lowest BCUT2D eigenvalue weighted by atomic mass is 10.1. The number of ether oxygens (including phenoxy) is 1. The van der Waals surface area contributed by atoms with Crippen molar-refractivity contribution in [3.63, 3.8) is 0 Å². The summed E-state index contributed by atoms with van der Waals surface area (Å²) in [6, 6.07) is 9.40. The average Bonchev–Trinajstić information content (AvgIpc) is 3.12. The quantitative estimate of drug-likeness (QED) is 0.665. The molecule has 1 aromatic carbocycles. The lowest BCUT2D eigenvalue weighted by Gasteiger charge is -2.27. The van der Waals surface area contributed by atoms with E-state index in [0.717, 1.165) is 17.5 Å². The van der Waals surface area contributed by atoms with Crippen molar-refractivity contribution in [3.8, 4) is 16.9 Å². The number of pyridine rings is 1. The molecule has 3 N–H and O–H groups in total. The summed E-state index contributed by atoms with van der Waals surface area (Å²) < 4.78 is 6.04. The second-order valence-electron chi connectivity index (χ2n) is 7.99. The number of fused-ring (bicyclic) bond motifs is 6. The predicted octanol–water partition coefficient (Wildman–Crippen LogP) is 0.731. The third-order valence-electron chi connectivity index (χ3n) is 5.56. The molecule has 0 spiro atoms. The number of hydrogen-bond donors (Lipinski definition) is 2. The Morgan fingerprint density at radius 1 is 1.17 bits per heavy atom. The van der Waals surface area contributed by atoms with Gasteiger partial charge in [0.25, 0.3) is 5.91 Å². The average molecular weight is 409 g/mol.